The van der Waals surface area contributed by atoms with Crippen LogP contribution >= 0.6 is 0 Å². The fourth-order valence-electron chi connectivity index (χ4n) is 4.15. The van der Waals surface area contributed by atoms with E-state index in [9.17, 15) is 9.90 Å². The first-order valence-corrected chi connectivity index (χ1v) is 8.90. The van der Waals surface area contributed by atoms with Crippen molar-refractivity contribution in [2.24, 2.45) is 5.41 Å². The van der Waals surface area contributed by atoms with Crippen molar-refractivity contribution in [2.45, 2.75) is 38.0 Å². The van der Waals surface area contributed by atoms with Crippen molar-refractivity contribution in [3.8, 4) is 0 Å². The number of aliphatic hydroxyl groups is 1. The Bertz CT molecular complexity index is 708. The van der Waals surface area contributed by atoms with Gasteiger partial charge in [0.15, 0.2) is 0 Å². The molecule has 0 bridgehead atoms. The molecule has 25 heavy (non-hydrogen) atoms. The van der Waals surface area contributed by atoms with Gasteiger partial charge in [0.1, 0.15) is 0 Å². The number of amides is 1. The minimum Gasteiger partial charge on any atom is -0.391 e. The summed E-state index contributed by atoms with van der Waals surface area (Å²) in [6.45, 7) is 2.54. The van der Waals surface area contributed by atoms with Crippen molar-refractivity contribution in [3.05, 3.63) is 54.1 Å². The molecule has 6 nitrogen and oxygen atoms in total. The third kappa shape index (κ3) is 3.19. The number of likely N-dealkylation sites (tertiary alicyclic amines) is 1. The fraction of sp³-hybridized carbons (Fsp3) is 0.474. The van der Waals surface area contributed by atoms with Crippen LogP contribution in [0.1, 0.15) is 36.6 Å². The van der Waals surface area contributed by atoms with E-state index in [0.717, 1.165) is 43.7 Å². The first-order valence-electron chi connectivity index (χ1n) is 8.90. The van der Waals surface area contributed by atoms with Crippen LogP contribution < -0.4 is 5.32 Å². The number of carbonyl (C=O) groups excluding carboxylic acids is 1. The fourth-order valence-corrected chi connectivity index (χ4v) is 4.15. The van der Waals surface area contributed by atoms with Gasteiger partial charge in [0.05, 0.1) is 23.9 Å². The van der Waals surface area contributed by atoms with Gasteiger partial charge in [0.25, 0.3) is 0 Å². The maximum Gasteiger partial charge on any atom is 0.226 e. The zero-order chi connectivity index (χ0) is 17.3. The van der Waals surface area contributed by atoms with Crippen molar-refractivity contribution in [3.63, 3.8) is 0 Å². The number of hydrogen-bond donors (Lipinski definition) is 3. The molecule has 2 saturated heterocycles. The molecule has 6 heteroatoms. The molecule has 2 aromatic rings. The highest BCUT2D eigenvalue weighted by atomic mass is 16.3. The van der Waals surface area contributed by atoms with Crippen LogP contribution in [-0.4, -0.2) is 45.1 Å². The average molecular weight is 340 g/mol. The summed E-state index contributed by atoms with van der Waals surface area (Å²) < 4.78 is 0. The van der Waals surface area contributed by atoms with Crippen LogP contribution in [0.5, 0.6) is 0 Å². The van der Waals surface area contributed by atoms with Crippen LogP contribution in [0.3, 0.4) is 0 Å². The molecule has 1 aromatic heterocycles. The van der Waals surface area contributed by atoms with Crippen molar-refractivity contribution >= 4 is 5.91 Å². The van der Waals surface area contributed by atoms with E-state index in [1.807, 2.05) is 36.5 Å². The second kappa shape index (κ2) is 6.61. The monoisotopic (exact) mass is 340 g/mol. The van der Waals surface area contributed by atoms with Gasteiger partial charge in [-0.3, -0.25) is 9.69 Å². The number of aromatic nitrogens is 2. The van der Waals surface area contributed by atoms with Gasteiger partial charge in [-0.25, -0.2) is 4.98 Å². The second-order valence-corrected chi connectivity index (χ2v) is 7.27. The van der Waals surface area contributed by atoms with Crippen LogP contribution in [0.2, 0.25) is 0 Å². The maximum atomic E-state index is 12.9. The highest BCUT2D eigenvalue weighted by Crippen LogP contribution is 2.42. The molecule has 3 heterocycles. The maximum absolute atomic E-state index is 12.9. The van der Waals surface area contributed by atoms with E-state index >= 15 is 0 Å². The zero-order valence-corrected chi connectivity index (χ0v) is 14.2. The number of H-pyrrole nitrogens is 1. The predicted octanol–water partition coefficient (Wildman–Crippen LogP) is 1.61. The van der Waals surface area contributed by atoms with Gasteiger partial charge in [-0.1, -0.05) is 30.3 Å². The Labute approximate surface area is 147 Å². The van der Waals surface area contributed by atoms with E-state index in [-0.39, 0.29) is 11.9 Å². The van der Waals surface area contributed by atoms with E-state index in [2.05, 4.69) is 20.2 Å². The van der Waals surface area contributed by atoms with E-state index in [0.29, 0.717) is 6.42 Å². The van der Waals surface area contributed by atoms with Gasteiger partial charge in [-0.15, -0.1) is 0 Å². The lowest BCUT2D eigenvalue weighted by Gasteiger charge is -2.46. The Morgan fingerprint density at radius 2 is 2.00 bits per heavy atom. The molecule has 1 spiro atoms. The number of nitrogens with zero attached hydrogens (tertiary/aromatic N) is 2. The van der Waals surface area contributed by atoms with Crippen LogP contribution in [0, 0.1) is 5.41 Å². The molecule has 0 radical (unpaired) electrons. The Hall–Kier alpha value is -2.18. The third-order valence-corrected chi connectivity index (χ3v) is 5.67. The number of piperidine rings is 2. The number of hydrogen-bond acceptors (Lipinski definition) is 4. The summed E-state index contributed by atoms with van der Waals surface area (Å²) in [6, 6.07) is 9.43. The van der Waals surface area contributed by atoms with Gasteiger partial charge >= 0.3 is 0 Å². The highest BCUT2D eigenvalue weighted by molar-refractivity contribution is 5.84. The van der Waals surface area contributed by atoms with Crippen molar-refractivity contribution < 1.29 is 9.90 Å². The smallest absolute Gasteiger partial charge is 0.226 e. The third-order valence-electron chi connectivity index (χ3n) is 5.67. The lowest BCUT2D eigenvalue weighted by atomic mass is 9.69. The molecule has 2 aliphatic rings. The van der Waals surface area contributed by atoms with Crippen molar-refractivity contribution in [2.75, 3.05) is 13.1 Å². The van der Waals surface area contributed by atoms with Gasteiger partial charge in [0.2, 0.25) is 5.91 Å². The molecule has 2 fully saturated rings. The Morgan fingerprint density at radius 3 is 2.68 bits per heavy atom. The van der Waals surface area contributed by atoms with Gasteiger partial charge in [0, 0.05) is 18.4 Å². The Morgan fingerprint density at radius 1 is 1.24 bits per heavy atom. The number of imidazole rings is 1. The highest BCUT2D eigenvalue weighted by Gasteiger charge is 2.48. The number of benzene rings is 1. The molecule has 0 saturated carbocycles. The molecule has 2 atom stereocenters. The first-order chi connectivity index (χ1) is 12.2. The number of nitrogens with one attached hydrogen (secondary N) is 2. The first kappa shape index (κ1) is 16.3. The second-order valence-electron chi connectivity index (χ2n) is 7.27. The topological polar surface area (TPSA) is 81.2 Å². The summed E-state index contributed by atoms with van der Waals surface area (Å²) in [5.74, 6) is 0.0906. The van der Waals surface area contributed by atoms with E-state index in [1.54, 1.807) is 6.33 Å². The molecular formula is C19H24N4O2. The van der Waals surface area contributed by atoms with E-state index in [1.165, 1.54) is 0 Å². The van der Waals surface area contributed by atoms with Gasteiger partial charge in [-0.05, 0) is 37.9 Å². The van der Waals surface area contributed by atoms with Crippen LogP contribution in [0.25, 0.3) is 0 Å². The lowest BCUT2D eigenvalue weighted by Crippen LogP contribution is -2.56. The molecular weight excluding hydrogens is 316 g/mol. The minimum absolute atomic E-state index is 0.0906. The minimum atomic E-state index is -0.542. The summed E-state index contributed by atoms with van der Waals surface area (Å²) in [5.41, 5.74) is 1.62. The summed E-state index contributed by atoms with van der Waals surface area (Å²) in [5, 5.41) is 13.8. The van der Waals surface area contributed by atoms with Crippen LogP contribution in [0.15, 0.2) is 42.9 Å². The molecule has 1 amide bonds. The van der Waals surface area contributed by atoms with Crippen molar-refractivity contribution in [1.82, 2.24) is 20.2 Å². The van der Waals surface area contributed by atoms with Crippen molar-refractivity contribution in [1.29, 1.82) is 0 Å². The molecule has 4 rings (SSSR count). The van der Waals surface area contributed by atoms with E-state index in [4.69, 9.17) is 0 Å². The number of carbonyl (C=O) groups is 1. The summed E-state index contributed by atoms with van der Waals surface area (Å²) >= 11 is 0. The molecule has 3 N–H and O–H groups in total. The van der Waals surface area contributed by atoms with Crippen LogP contribution in [0.4, 0.5) is 0 Å². The quantitative estimate of drug-likeness (QED) is 0.793. The summed E-state index contributed by atoms with van der Waals surface area (Å²) in [6.07, 6.45) is 5.09. The number of aliphatic hydroxyl groups excluding tert-OH is 1. The predicted molar refractivity (Wildman–Crippen MR) is 93.5 cm³/mol. The zero-order valence-electron chi connectivity index (χ0n) is 14.2. The molecule has 2 aliphatic heterocycles. The largest absolute Gasteiger partial charge is 0.391 e. The molecule has 0 aliphatic carbocycles. The number of aromatic amines is 1. The normalized spacial score (nSPS) is 26.5. The molecule has 0 unspecified atom stereocenters. The average Bonchev–Trinajstić information content (AvgIpc) is 3.14. The SMILES string of the molecule is O=C1N[C@@H](c2ccccc2)[C@H](O)CC12CCN(Cc1cnc[nH]1)CC2. The molecule has 132 valence electrons. The Kier molecular flexibility index (Phi) is 4.31. The van der Waals surface area contributed by atoms with Gasteiger partial charge in [-0.2, -0.15) is 0 Å². The summed E-state index contributed by atoms with van der Waals surface area (Å²) in [7, 11) is 0. The summed E-state index contributed by atoms with van der Waals surface area (Å²) in [4.78, 5) is 22.4. The Balaban J connectivity index is 1.41. The van der Waals surface area contributed by atoms with Gasteiger partial charge < -0.3 is 15.4 Å². The molecule has 1 aromatic carbocycles. The number of rotatable bonds is 3. The standard InChI is InChI=1S/C19H24N4O2/c24-16-10-19(18(25)22-17(16)14-4-2-1-3-5-14)6-8-23(9-7-19)12-15-11-20-13-21-15/h1-5,11,13,16-17,24H,6-10,12H2,(H,20,21)(H,22,25)/t16-,17+/m1/s1. The lowest BCUT2D eigenvalue weighted by molar-refractivity contribution is -0.144. The van der Waals surface area contributed by atoms with Crippen LogP contribution in [-0.2, 0) is 11.3 Å². The van der Waals surface area contributed by atoms with E-state index < -0.39 is 11.5 Å².